The van der Waals surface area contributed by atoms with Gasteiger partial charge in [0.1, 0.15) is 5.75 Å². The molecule has 0 atom stereocenters. The number of para-hydroxylation sites is 1. The highest BCUT2D eigenvalue weighted by atomic mass is 79.9. The van der Waals surface area contributed by atoms with Crippen LogP contribution in [-0.2, 0) is 11.4 Å². The Kier molecular flexibility index (Phi) is 4.30. The summed E-state index contributed by atoms with van der Waals surface area (Å²) in [4.78, 5) is 14.4. The van der Waals surface area contributed by atoms with Crippen LogP contribution in [0.25, 0.3) is 6.08 Å². The van der Waals surface area contributed by atoms with Gasteiger partial charge in [-0.25, -0.2) is 4.79 Å². The standard InChI is InChI=1S/C12H9BrN2O4/c13-9-3-1-2-8(4-5-11(16)17)12(9)18-6-10-14-7-19-15-10/h1-5,7H,6H2,(H,16,17)/b5-4+. The first-order valence-electron chi connectivity index (χ1n) is 5.24. The molecule has 0 saturated carbocycles. The smallest absolute Gasteiger partial charge is 0.328 e. The van der Waals surface area contributed by atoms with Gasteiger partial charge in [-0.1, -0.05) is 17.3 Å². The number of aliphatic carboxylic acids is 1. The molecule has 19 heavy (non-hydrogen) atoms. The van der Waals surface area contributed by atoms with Gasteiger partial charge in [0.05, 0.1) is 4.47 Å². The van der Waals surface area contributed by atoms with Gasteiger partial charge >= 0.3 is 5.97 Å². The third kappa shape index (κ3) is 3.65. The second kappa shape index (κ2) is 6.14. The van der Waals surface area contributed by atoms with Gasteiger partial charge < -0.3 is 14.4 Å². The Labute approximate surface area is 116 Å². The third-order valence-electron chi connectivity index (χ3n) is 2.16. The fraction of sp³-hybridized carbons (Fsp3) is 0.0833. The summed E-state index contributed by atoms with van der Waals surface area (Å²) in [5.74, 6) is -0.0992. The minimum absolute atomic E-state index is 0.132. The molecule has 1 aromatic carbocycles. The summed E-state index contributed by atoms with van der Waals surface area (Å²) < 4.78 is 10.9. The van der Waals surface area contributed by atoms with Crippen LogP contribution in [0.1, 0.15) is 11.4 Å². The maximum Gasteiger partial charge on any atom is 0.328 e. The molecule has 7 heteroatoms. The van der Waals surface area contributed by atoms with Crippen molar-refractivity contribution in [3.8, 4) is 5.75 Å². The monoisotopic (exact) mass is 324 g/mol. The SMILES string of the molecule is O=C(O)/C=C/c1cccc(Br)c1OCc1ncon1. The summed E-state index contributed by atoms with van der Waals surface area (Å²) >= 11 is 3.35. The highest BCUT2D eigenvalue weighted by Crippen LogP contribution is 2.30. The van der Waals surface area contributed by atoms with E-state index in [1.54, 1.807) is 18.2 Å². The Bertz CT molecular complexity index is 596. The van der Waals surface area contributed by atoms with E-state index in [-0.39, 0.29) is 6.61 Å². The Morgan fingerprint density at radius 3 is 3.05 bits per heavy atom. The molecule has 0 bridgehead atoms. The Balaban J connectivity index is 2.20. The van der Waals surface area contributed by atoms with Crippen molar-refractivity contribution >= 4 is 28.0 Å². The zero-order chi connectivity index (χ0) is 13.7. The highest BCUT2D eigenvalue weighted by molar-refractivity contribution is 9.10. The highest BCUT2D eigenvalue weighted by Gasteiger charge is 2.08. The molecular formula is C12H9BrN2O4. The van der Waals surface area contributed by atoms with Crippen LogP contribution in [-0.4, -0.2) is 21.2 Å². The predicted molar refractivity (Wildman–Crippen MR) is 69.4 cm³/mol. The number of carboxylic acids is 1. The van der Waals surface area contributed by atoms with Crippen LogP contribution in [0.15, 0.2) is 39.7 Å². The first-order chi connectivity index (χ1) is 9.16. The number of benzene rings is 1. The fourth-order valence-corrected chi connectivity index (χ4v) is 1.86. The van der Waals surface area contributed by atoms with Crippen LogP contribution in [0.4, 0.5) is 0 Å². The van der Waals surface area contributed by atoms with Gasteiger partial charge in [-0.05, 0) is 28.1 Å². The Hall–Kier alpha value is -2.15. The molecule has 6 nitrogen and oxygen atoms in total. The molecule has 1 aromatic heterocycles. The minimum atomic E-state index is -1.02. The average Bonchev–Trinajstić information content (AvgIpc) is 2.88. The van der Waals surface area contributed by atoms with Crippen molar-refractivity contribution < 1.29 is 19.2 Å². The van der Waals surface area contributed by atoms with Crippen LogP contribution in [0.3, 0.4) is 0 Å². The number of hydrogen-bond acceptors (Lipinski definition) is 5. The average molecular weight is 325 g/mol. The molecule has 0 radical (unpaired) electrons. The van der Waals surface area contributed by atoms with Gasteiger partial charge in [0.25, 0.3) is 0 Å². The fourth-order valence-electron chi connectivity index (χ4n) is 1.36. The van der Waals surface area contributed by atoms with Crippen molar-refractivity contribution in [2.75, 3.05) is 0 Å². The first kappa shape index (κ1) is 13.3. The molecule has 0 aliphatic carbocycles. The third-order valence-corrected chi connectivity index (χ3v) is 2.78. The predicted octanol–water partition coefficient (Wildman–Crippen LogP) is 2.51. The summed E-state index contributed by atoms with van der Waals surface area (Å²) in [6.07, 6.45) is 3.71. The van der Waals surface area contributed by atoms with Crippen LogP contribution >= 0.6 is 15.9 Å². The van der Waals surface area contributed by atoms with E-state index in [1.807, 2.05) is 0 Å². The summed E-state index contributed by atoms with van der Waals surface area (Å²) in [6.45, 7) is 0.132. The molecule has 98 valence electrons. The molecule has 1 N–H and O–H groups in total. The largest absolute Gasteiger partial charge is 0.484 e. The number of aromatic nitrogens is 2. The van der Waals surface area contributed by atoms with Gasteiger partial charge in [0, 0.05) is 11.6 Å². The van der Waals surface area contributed by atoms with Crippen molar-refractivity contribution in [1.82, 2.24) is 10.1 Å². The number of nitrogens with zero attached hydrogens (tertiary/aromatic N) is 2. The molecule has 0 spiro atoms. The zero-order valence-corrected chi connectivity index (χ0v) is 11.2. The lowest BCUT2D eigenvalue weighted by atomic mass is 10.2. The molecule has 0 saturated heterocycles. The topological polar surface area (TPSA) is 85.5 Å². The number of carbonyl (C=O) groups is 1. The van der Waals surface area contributed by atoms with Gasteiger partial charge in [-0.2, -0.15) is 4.98 Å². The van der Waals surface area contributed by atoms with E-state index in [0.29, 0.717) is 21.6 Å². The molecule has 0 fully saturated rings. The lowest BCUT2D eigenvalue weighted by Crippen LogP contribution is -1.99. The summed E-state index contributed by atoms with van der Waals surface area (Å²) in [7, 11) is 0. The molecule has 0 aliphatic rings. The van der Waals surface area contributed by atoms with E-state index in [1.165, 1.54) is 12.5 Å². The van der Waals surface area contributed by atoms with Crippen LogP contribution in [0.2, 0.25) is 0 Å². The second-order valence-electron chi connectivity index (χ2n) is 3.47. The molecular weight excluding hydrogens is 316 g/mol. The van der Waals surface area contributed by atoms with Gasteiger partial charge in [0.2, 0.25) is 12.2 Å². The molecule has 0 aliphatic heterocycles. The van der Waals surface area contributed by atoms with E-state index in [2.05, 4.69) is 30.6 Å². The number of ether oxygens (including phenoxy) is 1. The summed E-state index contributed by atoms with van der Waals surface area (Å²) in [5.41, 5.74) is 0.639. The van der Waals surface area contributed by atoms with Gasteiger partial charge in [0.15, 0.2) is 6.61 Å². The maximum absolute atomic E-state index is 10.5. The van der Waals surface area contributed by atoms with E-state index >= 15 is 0 Å². The van der Waals surface area contributed by atoms with Crippen molar-refractivity contribution in [3.63, 3.8) is 0 Å². The van der Waals surface area contributed by atoms with Crippen molar-refractivity contribution in [2.24, 2.45) is 0 Å². The lowest BCUT2D eigenvalue weighted by molar-refractivity contribution is -0.131. The van der Waals surface area contributed by atoms with E-state index < -0.39 is 5.97 Å². The minimum Gasteiger partial charge on any atom is -0.484 e. The number of carboxylic acid groups (broad SMARTS) is 1. The van der Waals surface area contributed by atoms with Crippen molar-refractivity contribution in [2.45, 2.75) is 6.61 Å². The normalized spacial score (nSPS) is 10.8. The second-order valence-corrected chi connectivity index (χ2v) is 4.32. The Morgan fingerprint density at radius 1 is 1.53 bits per heavy atom. The van der Waals surface area contributed by atoms with Gasteiger partial charge in [-0.3, -0.25) is 0 Å². The van der Waals surface area contributed by atoms with Crippen LogP contribution in [0, 0.1) is 0 Å². The van der Waals surface area contributed by atoms with Gasteiger partial charge in [-0.15, -0.1) is 0 Å². The quantitative estimate of drug-likeness (QED) is 0.850. The van der Waals surface area contributed by atoms with E-state index in [9.17, 15) is 4.79 Å². The number of rotatable bonds is 5. The molecule has 0 amide bonds. The Morgan fingerprint density at radius 2 is 2.37 bits per heavy atom. The van der Waals surface area contributed by atoms with Crippen molar-refractivity contribution in [3.05, 3.63) is 46.5 Å². The molecule has 1 heterocycles. The molecule has 2 aromatic rings. The van der Waals surface area contributed by atoms with E-state index in [4.69, 9.17) is 9.84 Å². The number of hydrogen-bond donors (Lipinski definition) is 1. The maximum atomic E-state index is 10.5. The summed E-state index contributed by atoms with van der Waals surface area (Å²) in [5, 5.41) is 12.3. The van der Waals surface area contributed by atoms with E-state index in [0.717, 1.165) is 6.08 Å². The van der Waals surface area contributed by atoms with Crippen LogP contribution in [0.5, 0.6) is 5.75 Å². The lowest BCUT2D eigenvalue weighted by Gasteiger charge is -2.09. The number of halogens is 1. The van der Waals surface area contributed by atoms with Crippen LogP contribution < -0.4 is 4.74 Å². The summed E-state index contributed by atoms with van der Waals surface area (Å²) in [6, 6.07) is 5.33. The molecule has 2 rings (SSSR count). The first-order valence-corrected chi connectivity index (χ1v) is 6.03. The van der Waals surface area contributed by atoms with Crippen molar-refractivity contribution in [1.29, 1.82) is 0 Å². The zero-order valence-electron chi connectivity index (χ0n) is 9.62. The molecule has 0 unspecified atom stereocenters.